The van der Waals surface area contributed by atoms with Crippen LogP contribution in [0.1, 0.15) is 15.2 Å². The van der Waals surface area contributed by atoms with Crippen molar-refractivity contribution in [2.75, 3.05) is 0 Å². The summed E-state index contributed by atoms with van der Waals surface area (Å²) in [5, 5.41) is 12.3. The van der Waals surface area contributed by atoms with Crippen molar-refractivity contribution in [1.82, 2.24) is 5.32 Å². The number of aromatic hydroxyl groups is 1. The number of para-hydroxylation sites is 1. The van der Waals surface area contributed by atoms with Crippen LogP contribution in [-0.4, -0.2) is 11.0 Å². The van der Waals surface area contributed by atoms with E-state index in [4.69, 9.17) is 11.6 Å². The number of halogens is 1. The van der Waals surface area contributed by atoms with Crippen molar-refractivity contribution in [3.63, 3.8) is 0 Å². The largest absolute Gasteiger partial charge is 0.508 e. The topological polar surface area (TPSA) is 49.3 Å². The van der Waals surface area contributed by atoms with Gasteiger partial charge >= 0.3 is 0 Å². The average molecular weight is 268 g/mol. The zero-order chi connectivity index (χ0) is 12.3. The predicted octanol–water partition coefficient (Wildman–Crippen LogP) is 3.04. The molecule has 88 valence electrons. The molecular weight excluding hydrogens is 258 g/mol. The van der Waals surface area contributed by atoms with Gasteiger partial charge in [-0.15, -0.1) is 11.3 Å². The van der Waals surface area contributed by atoms with Gasteiger partial charge in [-0.1, -0.05) is 29.8 Å². The number of rotatable bonds is 3. The lowest BCUT2D eigenvalue weighted by Gasteiger charge is -2.05. The van der Waals surface area contributed by atoms with Crippen molar-refractivity contribution in [2.45, 2.75) is 6.54 Å². The smallest absolute Gasteiger partial charge is 0.261 e. The van der Waals surface area contributed by atoms with Crippen LogP contribution in [0.25, 0.3) is 0 Å². The fourth-order valence-corrected chi connectivity index (χ4v) is 2.32. The second-order valence-corrected chi connectivity index (χ2v) is 5.13. The molecule has 1 amide bonds. The van der Waals surface area contributed by atoms with Crippen LogP contribution in [0, 0.1) is 0 Å². The summed E-state index contributed by atoms with van der Waals surface area (Å²) in [6, 6.07) is 10.2. The summed E-state index contributed by atoms with van der Waals surface area (Å²) in [5.41, 5.74) is 0.684. The van der Waals surface area contributed by atoms with E-state index >= 15 is 0 Å². The van der Waals surface area contributed by atoms with Gasteiger partial charge in [0, 0.05) is 12.1 Å². The van der Waals surface area contributed by atoms with E-state index in [1.165, 1.54) is 11.3 Å². The maximum Gasteiger partial charge on any atom is 0.261 e. The number of carbonyl (C=O) groups excluding carboxylic acids is 1. The molecule has 0 spiro atoms. The van der Waals surface area contributed by atoms with Gasteiger partial charge in [-0.05, 0) is 18.2 Å². The van der Waals surface area contributed by atoms with Crippen LogP contribution < -0.4 is 5.32 Å². The molecule has 0 atom stereocenters. The average Bonchev–Trinajstić information content (AvgIpc) is 2.74. The molecule has 17 heavy (non-hydrogen) atoms. The summed E-state index contributed by atoms with van der Waals surface area (Å²) in [6.07, 6.45) is 0. The zero-order valence-electron chi connectivity index (χ0n) is 8.81. The van der Waals surface area contributed by atoms with Gasteiger partial charge in [-0.3, -0.25) is 4.79 Å². The quantitative estimate of drug-likeness (QED) is 0.898. The van der Waals surface area contributed by atoms with Gasteiger partial charge in [0.2, 0.25) is 0 Å². The molecule has 1 aromatic heterocycles. The molecule has 0 fully saturated rings. The minimum Gasteiger partial charge on any atom is -0.508 e. The van der Waals surface area contributed by atoms with Crippen LogP contribution in [0.4, 0.5) is 0 Å². The third-order valence-electron chi connectivity index (χ3n) is 2.23. The molecule has 0 unspecified atom stereocenters. The van der Waals surface area contributed by atoms with Gasteiger partial charge in [0.25, 0.3) is 5.91 Å². The van der Waals surface area contributed by atoms with Crippen molar-refractivity contribution in [3.8, 4) is 5.75 Å². The van der Waals surface area contributed by atoms with Crippen LogP contribution in [0.3, 0.4) is 0 Å². The Morgan fingerprint density at radius 3 is 2.71 bits per heavy atom. The molecule has 0 saturated heterocycles. The first kappa shape index (κ1) is 12.0. The molecule has 3 nitrogen and oxygen atoms in total. The van der Waals surface area contributed by atoms with Crippen molar-refractivity contribution in [1.29, 1.82) is 0 Å². The zero-order valence-corrected chi connectivity index (χ0v) is 10.4. The van der Waals surface area contributed by atoms with Crippen LogP contribution in [0.5, 0.6) is 5.75 Å². The van der Waals surface area contributed by atoms with E-state index in [1.807, 2.05) is 6.07 Å². The van der Waals surface area contributed by atoms with Gasteiger partial charge in [-0.25, -0.2) is 0 Å². The Morgan fingerprint density at radius 2 is 2.06 bits per heavy atom. The number of nitrogens with one attached hydrogen (secondary N) is 1. The second kappa shape index (κ2) is 5.21. The number of carbonyl (C=O) groups is 1. The molecule has 1 aromatic carbocycles. The van der Waals surface area contributed by atoms with Crippen molar-refractivity contribution < 1.29 is 9.90 Å². The maximum atomic E-state index is 11.7. The molecule has 0 saturated carbocycles. The maximum absolute atomic E-state index is 11.7. The Labute approximate surface area is 108 Å². The van der Waals surface area contributed by atoms with Gasteiger partial charge < -0.3 is 10.4 Å². The fourth-order valence-electron chi connectivity index (χ4n) is 1.36. The number of thiophene rings is 1. The van der Waals surface area contributed by atoms with E-state index in [9.17, 15) is 9.90 Å². The first-order chi connectivity index (χ1) is 8.16. The summed E-state index contributed by atoms with van der Waals surface area (Å²) in [7, 11) is 0. The highest BCUT2D eigenvalue weighted by Crippen LogP contribution is 2.21. The number of phenolic OH excluding ortho intramolecular Hbond substituents is 1. The van der Waals surface area contributed by atoms with Crippen LogP contribution in [0.15, 0.2) is 36.4 Å². The molecular formula is C12H10ClNO2S. The van der Waals surface area contributed by atoms with Gasteiger partial charge in [0.15, 0.2) is 0 Å². The molecule has 2 aromatic rings. The van der Waals surface area contributed by atoms with Crippen molar-refractivity contribution >= 4 is 28.8 Å². The van der Waals surface area contributed by atoms with E-state index < -0.39 is 0 Å². The lowest BCUT2D eigenvalue weighted by atomic mass is 10.2. The molecule has 0 bridgehead atoms. The van der Waals surface area contributed by atoms with E-state index in [1.54, 1.807) is 30.3 Å². The molecule has 0 aliphatic rings. The van der Waals surface area contributed by atoms with Gasteiger partial charge in [0.05, 0.1) is 9.21 Å². The Balaban J connectivity index is 1.99. The summed E-state index contributed by atoms with van der Waals surface area (Å²) in [6.45, 7) is 0.293. The highest BCUT2D eigenvalue weighted by molar-refractivity contribution is 7.17. The third kappa shape index (κ3) is 2.99. The van der Waals surface area contributed by atoms with Crippen LogP contribution >= 0.6 is 22.9 Å². The fraction of sp³-hybridized carbons (Fsp3) is 0.0833. The Kier molecular flexibility index (Phi) is 3.66. The molecule has 0 aliphatic heterocycles. The monoisotopic (exact) mass is 267 g/mol. The van der Waals surface area contributed by atoms with Crippen LogP contribution in [-0.2, 0) is 6.54 Å². The lowest BCUT2D eigenvalue weighted by Crippen LogP contribution is -2.21. The summed E-state index contributed by atoms with van der Waals surface area (Å²) >= 11 is 6.97. The molecule has 1 heterocycles. The first-order valence-electron chi connectivity index (χ1n) is 4.97. The lowest BCUT2D eigenvalue weighted by molar-refractivity contribution is 0.0955. The number of amides is 1. The standard InChI is InChI=1S/C12H10ClNO2S/c13-11-6-5-10(17-11)12(16)14-7-8-3-1-2-4-9(8)15/h1-6,15H,7H2,(H,14,16). The van der Waals surface area contributed by atoms with Crippen molar-refractivity contribution in [3.05, 3.63) is 51.2 Å². The number of benzene rings is 1. The number of phenols is 1. The normalized spacial score (nSPS) is 10.2. The minimum atomic E-state index is -0.190. The van der Waals surface area contributed by atoms with E-state index in [0.29, 0.717) is 21.3 Å². The molecule has 0 radical (unpaired) electrons. The minimum absolute atomic E-state index is 0.178. The summed E-state index contributed by atoms with van der Waals surface area (Å²) < 4.78 is 0.581. The van der Waals surface area contributed by atoms with E-state index in [0.717, 1.165) is 0 Å². The second-order valence-electron chi connectivity index (χ2n) is 3.42. The van der Waals surface area contributed by atoms with Gasteiger partial charge in [-0.2, -0.15) is 0 Å². The predicted molar refractivity (Wildman–Crippen MR) is 68.6 cm³/mol. The third-order valence-corrected chi connectivity index (χ3v) is 3.46. The Bertz CT molecular complexity index is 539. The first-order valence-corrected chi connectivity index (χ1v) is 6.16. The number of hydrogen-bond donors (Lipinski definition) is 2. The Morgan fingerprint density at radius 1 is 1.29 bits per heavy atom. The Hall–Kier alpha value is -1.52. The summed E-state index contributed by atoms with van der Waals surface area (Å²) in [4.78, 5) is 12.3. The molecule has 5 heteroatoms. The molecule has 2 N–H and O–H groups in total. The molecule has 2 rings (SSSR count). The number of hydrogen-bond acceptors (Lipinski definition) is 3. The highest BCUT2D eigenvalue weighted by atomic mass is 35.5. The van der Waals surface area contributed by atoms with E-state index in [-0.39, 0.29) is 11.7 Å². The van der Waals surface area contributed by atoms with E-state index in [2.05, 4.69) is 5.32 Å². The van der Waals surface area contributed by atoms with Gasteiger partial charge in [0.1, 0.15) is 5.75 Å². The highest BCUT2D eigenvalue weighted by Gasteiger charge is 2.08. The molecule has 0 aliphatic carbocycles. The summed E-state index contributed by atoms with van der Waals surface area (Å²) in [5.74, 6) is -0.0119. The SMILES string of the molecule is O=C(NCc1ccccc1O)c1ccc(Cl)s1. The van der Waals surface area contributed by atoms with Crippen molar-refractivity contribution in [2.24, 2.45) is 0 Å². The van der Waals surface area contributed by atoms with Crippen LogP contribution in [0.2, 0.25) is 4.34 Å².